The van der Waals surface area contributed by atoms with Crippen LogP contribution in [0.15, 0.2) is 67.0 Å². The standard InChI is InChI=1S/C21H15ClN2O/c22-19-8-5-17(6-9-19)18-7-12-21(24-15-18)11-4-16-3-10-20(23-14-16)2-1-13-25/h1-3,5-10,12,14-15,25H,13H2/b2-1+. The normalized spacial score (nSPS) is 10.5. The molecule has 122 valence electrons. The SMILES string of the molecule is OC/C=C/c1ccc(C#Cc2ccc(-c3ccc(Cl)cc3)cn2)cn1. The predicted octanol–water partition coefficient (Wildman–Crippen LogP) is 4.20. The molecule has 2 heterocycles. The molecular weight excluding hydrogens is 332 g/mol. The van der Waals surface area contributed by atoms with Crippen LogP contribution in [0.25, 0.3) is 17.2 Å². The zero-order valence-corrected chi connectivity index (χ0v) is 14.1. The number of hydrogen-bond acceptors (Lipinski definition) is 3. The fourth-order valence-electron chi connectivity index (χ4n) is 2.17. The van der Waals surface area contributed by atoms with E-state index in [2.05, 4.69) is 21.8 Å². The van der Waals surface area contributed by atoms with Gasteiger partial charge in [0.25, 0.3) is 0 Å². The summed E-state index contributed by atoms with van der Waals surface area (Å²) in [7, 11) is 0. The summed E-state index contributed by atoms with van der Waals surface area (Å²) in [4.78, 5) is 8.64. The Labute approximate surface area is 151 Å². The number of hydrogen-bond donors (Lipinski definition) is 1. The molecule has 0 bridgehead atoms. The summed E-state index contributed by atoms with van der Waals surface area (Å²) in [5.41, 5.74) is 4.37. The van der Waals surface area contributed by atoms with Gasteiger partial charge in [-0.15, -0.1) is 0 Å². The van der Waals surface area contributed by atoms with Crippen molar-refractivity contribution in [2.45, 2.75) is 0 Å². The predicted molar refractivity (Wildman–Crippen MR) is 101 cm³/mol. The van der Waals surface area contributed by atoms with E-state index in [0.29, 0.717) is 10.7 Å². The van der Waals surface area contributed by atoms with Crippen molar-refractivity contribution in [3.8, 4) is 23.0 Å². The van der Waals surface area contributed by atoms with Crippen molar-refractivity contribution in [1.29, 1.82) is 0 Å². The first kappa shape index (κ1) is 16.9. The topological polar surface area (TPSA) is 46.0 Å². The molecule has 0 amide bonds. The molecule has 0 spiro atoms. The molecule has 0 atom stereocenters. The Morgan fingerprint density at radius 3 is 2.32 bits per heavy atom. The first-order chi connectivity index (χ1) is 12.2. The zero-order chi connectivity index (χ0) is 17.5. The van der Waals surface area contributed by atoms with Crippen LogP contribution in [0.3, 0.4) is 0 Å². The van der Waals surface area contributed by atoms with Crippen LogP contribution in [0, 0.1) is 11.8 Å². The van der Waals surface area contributed by atoms with Crippen molar-refractivity contribution in [2.24, 2.45) is 0 Å². The average molecular weight is 347 g/mol. The molecule has 0 saturated carbocycles. The van der Waals surface area contributed by atoms with E-state index in [1.165, 1.54) is 0 Å². The minimum atomic E-state index is 0.000915. The van der Waals surface area contributed by atoms with Crippen molar-refractivity contribution in [2.75, 3.05) is 6.61 Å². The van der Waals surface area contributed by atoms with Gasteiger partial charge >= 0.3 is 0 Å². The van der Waals surface area contributed by atoms with Crippen LogP contribution in [-0.4, -0.2) is 21.7 Å². The quantitative estimate of drug-likeness (QED) is 0.723. The molecule has 0 radical (unpaired) electrons. The second-order valence-corrected chi connectivity index (χ2v) is 5.68. The molecule has 3 nitrogen and oxygen atoms in total. The van der Waals surface area contributed by atoms with Gasteiger partial charge in [-0.1, -0.05) is 41.8 Å². The maximum Gasteiger partial charge on any atom is 0.113 e. The van der Waals surface area contributed by atoms with Gasteiger partial charge in [-0.3, -0.25) is 4.98 Å². The third-order valence-electron chi connectivity index (χ3n) is 3.46. The van der Waals surface area contributed by atoms with E-state index in [-0.39, 0.29) is 6.61 Å². The molecule has 0 fully saturated rings. The van der Waals surface area contributed by atoms with E-state index in [9.17, 15) is 0 Å². The third kappa shape index (κ3) is 4.77. The molecule has 0 aliphatic carbocycles. The highest BCUT2D eigenvalue weighted by molar-refractivity contribution is 6.30. The highest BCUT2D eigenvalue weighted by Gasteiger charge is 1.98. The van der Waals surface area contributed by atoms with Gasteiger partial charge < -0.3 is 5.11 Å². The molecule has 4 heteroatoms. The van der Waals surface area contributed by atoms with Crippen LogP contribution in [0.4, 0.5) is 0 Å². The largest absolute Gasteiger partial charge is 0.392 e. The summed E-state index contributed by atoms with van der Waals surface area (Å²) in [5.74, 6) is 6.08. The van der Waals surface area contributed by atoms with Crippen molar-refractivity contribution in [3.05, 3.63) is 89.0 Å². The summed E-state index contributed by atoms with van der Waals surface area (Å²) in [6, 6.07) is 15.3. The van der Waals surface area contributed by atoms with Gasteiger partial charge in [0.1, 0.15) is 5.69 Å². The van der Waals surface area contributed by atoms with Gasteiger partial charge in [0.05, 0.1) is 12.3 Å². The number of aliphatic hydroxyl groups is 1. The molecular formula is C21H15ClN2O. The van der Waals surface area contributed by atoms with Gasteiger partial charge in [-0.2, -0.15) is 0 Å². The lowest BCUT2D eigenvalue weighted by atomic mass is 10.1. The molecule has 3 aromatic rings. The van der Waals surface area contributed by atoms with E-state index in [1.54, 1.807) is 24.5 Å². The minimum Gasteiger partial charge on any atom is -0.392 e. The Morgan fingerprint density at radius 2 is 1.68 bits per heavy atom. The maximum absolute atomic E-state index is 8.75. The first-order valence-electron chi connectivity index (χ1n) is 7.72. The minimum absolute atomic E-state index is 0.000915. The first-order valence-corrected chi connectivity index (χ1v) is 8.10. The van der Waals surface area contributed by atoms with Gasteiger partial charge in [0.2, 0.25) is 0 Å². The summed E-state index contributed by atoms with van der Waals surface area (Å²) >= 11 is 5.90. The molecule has 3 rings (SSSR count). The highest BCUT2D eigenvalue weighted by Crippen LogP contribution is 2.20. The molecule has 0 unspecified atom stereocenters. The fourth-order valence-corrected chi connectivity index (χ4v) is 2.29. The van der Waals surface area contributed by atoms with E-state index in [0.717, 1.165) is 22.4 Å². The number of aromatic nitrogens is 2. The molecule has 0 aliphatic heterocycles. The van der Waals surface area contributed by atoms with Crippen molar-refractivity contribution >= 4 is 17.7 Å². The number of aliphatic hydroxyl groups excluding tert-OH is 1. The number of benzene rings is 1. The monoisotopic (exact) mass is 346 g/mol. The lowest BCUT2D eigenvalue weighted by Crippen LogP contribution is -1.86. The van der Waals surface area contributed by atoms with Crippen LogP contribution in [-0.2, 0) is 0 Å². The van der Waals surface area contributed by atoms with Crippen LogP contribution in [0.2, 0.25) is 5.02 Å². The molecule has 1 N–H and O–H groups in total. The Morgan fingerprint density at radius 1 is 0.880 bits per heavy atom. The van der Waals surface area contributed by atoms with Crippen molar-refractivity contribution < 1.29 is 5.11 Å². The number of halogens is 1. The van der Waals surface area contributed by atoms with E-state index in [4.69, 9.17) is 16.7 Å². The second kappa shape index (κ2) is 8.25. The molecule has 1 aromatic carbocycles. The lowest BCUT2D eigenvalue weighted by Gasteiger charge is -2.01. The van der Waals surface area contributed by atoms with E-state index in [1.807, 2.05) is 48.5 Å². The van der Waals surface area contributed by atoms with Crippen LogP contribution < -0.4 is 0 Å². The number of nitrogens with zero attached hydrogens (tertiary/aromatic N) is 2. The smallest absolute Gasteiger partial charge is 0.113 e. The van der Waals surface area contributed by atoms with Gasteiger partial charge in [-0.05, 0) is 47.9 Å². The summed E-state index contributed by atoms with van der Waals surface area (Å²) in [6.45, 7) is 0.000915. The summed E-state index contributed by atoms with van der Waals surface area (Å²) in [6.07, 6.45) is 6.90. The maximum atomic E-state index is 8.75. The number of pyridine rings is 2. The third-order valence-corrected chi connectivity index (χ3v) is 3.71. The summed E-state index contributed by atoms with van der Waals surface area (Å²) < 4.78 is 0. The van der Waals surface area contributed by atoms with Crippen LogP contribution in [0.5, 0.6) is 0 Å². The number of rotatable bonds is 3. The van der Waals surface area contributed by atoms with Gasteiger partial charge in [-0.25, -0.2) is 4.98 Å². The van der Waals surface area contributed by atoms with Crippen LogP contribution >= 0.6 is 11.6 Å². The van der Waals surface area contributed by atoms with Gasteiger partial charge in [0, 0.05) is 28.5 Å². The molecule has 2 aromatic heterocycles. The molecule has 0 aliphatic rings. The summed E-state index contributed by atoms with van der Waals surface area (Å²) in [5, 5.41) is 9.46. The molecule has 0 saturated heterocycles. The van der Waals surface area contributed by atoms with Gasteiger partial charge in [0.15, 0.2) is 0 Å². The molecule has 25 heavy (non-hydrogen) atoms. The van der Waals surface area contributed by atoms with Crippen molar-refractivity contribution in [3.63, 3.8) is 0 Å². The van der Waals surface area contributed by atoms with E-state index >= 15 is 0 Å². The Balaban J connectivity index is 1.72. The Bertz CT molecular complexity index is 919. The second-order valence-electron chi connectivity index (χ2n) is 5.25. The lowest BCUT2D eigenvalue weighted by molar-refractivity contribution is 0.343. The fraction of sp³-hybridized carbons (Fsp3) is 0.0476. The highest BCUT2D eigenvalue weighted by atomic mass is 35.5. The zero-order valence-electron chi connectivity index (χ0n) is 13.4. The Kier molecular flexibility index (Phi) is 5.58. The average Bonchev–Trinajstić information content (AvgIpc) is 2.67. The van der Waals surface area contributed by atoms with Crippen molar-refractivity contribution in [1.82, 2.24) is 9.97 Å². The Hall–Kier alpha value is -2.93. The van der Waals surface area contributed by atoms with Crippen LogP contribution in [0.1, 0.15) is 17.0 Å². The van der Waals surface area contributed by atoms with E-state index < -0.39 is 0 Å².